The number of nitrogen functional groups attached to an aromatic ring is 1. The molecule has 0 unspecified atom stereocenters. The van der Waals surface area contributed by atoms with E-state index in [1.807, 2.05) is 94.1 Å². The van der Waals surface area contributed by atoms with Crippen LogP contribution < -0.4 is 20.9 Å². The molecule has 3 atom stereocenters. The molecule has 0 bridgehead atoms. The number of halogens is 1. The molecule has 0 aliphatic carbocycles. The fourth-order valence-electron chi connectivity index (χ4n) is 19.0. The van der Waals surface area contributed by atoms with Crippen molar-refractivity contribution in [3.05, 3.63) is 80.6 Å². The summed E-state index contributed by atoms with van der Waals surface area (Å²) in [6, 6.07) is 5.10. The molecule has 0 aromatic carbocycles. The molecule has 71 radical (unpaired) electrons. The Balaban J connectivity index is 0.000000733. The number of pyridine rings is 3. The van der Waals surface area contributed by atoms with Gasteiger partial charge in [-0.05, 0) is 101 Å². The second kappa shape index (κ2) is 60.6. The fourth-order valence-corrected chi connectivity index (χ4v) is 19.2. The van der Waals surface area contributed by atoms with Crippen molar-refractivity contribution < 1.29 is 38.4 Å². The molecule has 3 N–H and O–H groups in total. The van der Waals surface area contributed by atoms with E-state index in [4.69, 9.17) is 302 Å². The molecule has 3 fully saturated rings. The highest BCUT2D eigenvalue weighted by Crippen LogP contribution is 2.32. The number of ether oxygens (including phenoxy) is 3. The highest BCUT2D eigenvalue weighted by molar-refractivity contribution is 8.39. The van der Waals surface area contributed by atoms with Gasteiger partial charge >= 0.3 is 29.7 Å². The Bertz CT molecular complexity index is 3920. The number of aromatic nitrogens is 3. The average Bonchev–Trinajstić information content (AvgIpc) is 0.718. The summed E-state index contributed by atoms with van der Waals surface area (Å²) < 4.78 is 16.2. The molecule has 6 rings (SSSR count). The maximum absolute atomic E-state index is 12.2. The van der Waals surface area contributed by atoms with E-state index in [-0.39, 0.29) is 52.8 Å². The molecule has 3 aromatic heterocycles. The second-order valence-corrected chi connectivity index (χ2v) is 39.0. The van der Waals surface area contributed by atoms with Crippen LogP contribution in [0.5, 0.6) is 0 Å². The highest BCUT2D eigenvalue weighted by Gasteiger charge is 2.65. The predicted molar refractivity (Wildman–Crippen MR) is 657 cm³/mol. The molecule has 92 heteroatoms. The summed E-state index contributed by atoms with van der Waals surface area (Å²) in [7, 11) is 236. The minimum Gasteiger partial charge on any atom is -0.444 e. The number of hydrogen-bond donors (Lipinski definition) is 2. The first kappa shape index (κ1) is 131. The minimum absolute atomic E-state index is 0.0228. The fraction of sp³-hybridized carbons (Fsp3) is 0.600. The van der Waals surface area contributed by atoms with Crippen LogP contribution in [0, 0.1) is 20.2 Å². The van der Waals surface area contributed by atoms with Crippen molar-refractivity contribution in [3.8, 4) is 0 Å². The largest absolute Gasteiger partial charge is 0.444 e. The second-order valence-electron chi connectivity index (χ2n) is 38.5. The number of rotatable bonds is 37. The minimum atomic E-state index is -1.68. The van der Waals surface area contributed by atoms with Crippen molar-refractivity contribution in [1.29, 1.82) is 0 Å². The van der Waals surface area contributed by atoms with E-state index < -0.39 is 237 Å². The van der Waals surface area contributed by atoms with Gasteiger partial charge in [0.05, 0.1) is 27.4 Å². The predicted octanol–water partition coefficient (Wildman–Crippen LogP) is -18.9. The molecule has 22 nitrogen and oxygen atoms in total. The molecule has 6 heterocycles. The molecule has 3 aliphatic heterocycles. The number of hydrogen-bond acceptors (Lipinski definition) is 17. The molecular weight excluding hydrogens is 1650 g/mol. The van der Waals surface area contributed by atoms with Crippen LogP contribution in [0.1, 0.15) is 83.1 Å². The third kappa shape index (κ3) is 40.3. The normalized spacial score (nSPS) is 14.1. The Morgan fingerprint density at radius 2 is 0.628 bits per heavy atom. The van der Waals surface area contributed by atoms with Crippen molar-refractivity contribution in [2.45, 2.75) is 118 Å². The van der Waals surface area contributed by atoms with E-state index in [1.165, 1.54) is 24.7 Å². The van der Waals surface area contributed by atoms with E-state index >= 15 is 0 Å². The Labute approximate surface area is 886 Å². The standard InChI is InChI=1S/C15H22N4O4.C15H24N4O2.C10H20N2O2.C5H3ClN2O2.B69/c1-11-10-17(12-5-6-16-9-13(12)19(21)22)7-8-18(11)14(20)23-15(2,3)4;1-11-10-18(13-5-6-17-9-12(13)16)7-8-19(11)14(20)21-15(2,3)4;1-8-7-11-5-6-12(8)9(13)14-10(2,3)4;6-4-1-2-7-3-5(4)8(9)10;1-36-54(37(2)3)63(55(38(4)5)39(6)7)67(62(52(32)33)53(34)35)69(66(60(48(24)25)49(26)27)61(50(28)29)51(30)31)68(64(56(40(8)9)41(10)11)57(42(12)13)43(14)15)65(58(44(16)17)45(18)19)59(46(20)21)47(22)23/h5-6,9,11H,7-8,10H2,1-4H3;5-6,9,11H,7-8,10,16H2,1-4H3;8,11H,5-7H2,1-4H3;1-3H;/t2*11-;8-;;/m000../s1. The third-order valence-corrected chi connectivity index (χ3v) is 24.8. The van der Waals surface area contributed by atoms with Crippen molar-refractivity contribution >= 4 is 547 Å². The zero-order valence-corrected chi connectivity index (χ0v) is 81.9. The number of nitrogens with one attached hydrogen (secondary N) is 1. The molecule has 0 saturated carbocycles. The van der Waals surface area contributed by atoms with Crippen LogP contribution in [0.15, 0.2) is 55.4 Å². The molecule has 137 heavy (non-hydrogen) atoms. The van der Waals surface area contributed by atoms with Gasteiger partial charge in [0, 0.05) is 584 Å². The first-order valence-corrected chi connectivity index (χ1v) is 45.3. The van der Waals surface area contributed by atoms with Gasteiger partial charge < -0.3 is 49.8 Å². The number of anilines is 3. The summed E-state index contributed by atoms with van der Waals surface area (Å²) in [6.07, 6.45) is -42.4. The van der Waals surface area contributed by atoms with Crippen molar-refractivity contribution in [3.63, 3.8) is 0 Å². The molecule has 0 spiro atoms. The number of carbonyl (C=O) groups is 3. The molecule has 3 aromatic rings. The van der Waals surface area contributed by atoms with Crippen LogP contribution in [-0.2, 0) is 14.2 Å². The first-order chi connectivity index (χ1) is 63.0. The van der Waals surface area contributed by atoms with E-state index in [0.29, 0.717) is 37.6 Å². The van der Waals surface area contributed by atoms with Crippen molar-refractivity contribution in [1.82, 2.24) is 35.0 Å². The summed E-state index contributed by atoms with van der Waals surface area (Å²) in [4.78, 5) is 77.0. The number of nitrogens with two attached hydrogens (primary N) is 1. The molecule has 3 amide bonds. The van der Waals surface area contributed by atoms with E-state index in [1.54, 1.807) is 33.2 Å². The zero-order chi connectivity index (χ0) is 106. The highest BCUT2D eigenvalue weighted by atomic mass is 35.5. The van der Waals surface area contributed by atoms with Crippen LogP contribution in [0.4, 0.5) is 42.8 Å². The van der Waals surface area contributed by atoms with Crippen LogP contribution >= 0.6 is 11.6 Å². The van der Waals surface area contributed by atoms with E-state index in [2.05, 4.69) is 25.2 Å². The summed E-state index contributed by atoms with van der Waals surface area (Å²) in [5, 5.41) is 24.6. The maximum atomic E-state index is 12.2. The molecule has 583 valence electrons. The van der Waals surface area contributed by atoms with Gasteiger partial charge in [-0.15, -0.1) is 0 Å². The lowest BCUT2D eigenvalue weighted by Gasteiger charge is -2.60. The average molecular weight is 1720 g/mol. The maximum Gasteiger partial charge on any atom is 0.410 e. The smallest absolute Gasteiger partial charge is 0.410 e. The van der Waals surface area contributed by atoms with Gasteiger partial charge in [-0.2, -0.15) is 0 Å². The zero-order valence-electron chi connectivity index (χ0n) is 81.1. The van der Waals surface area contributed by atoms with E-state index in [9.17, 15) is 34.6 Å². The van der Waals surface area contributed by atoms with Crippen LogP contribution in [-0.4, -0.2) is 640 Å². The molecule has 3 aliphatic rings. The van der Waals surface area contributed by atoms with Gasteiger partial charge in [-0.25, -0.2) is 14.4 Å². The van der Waals surface area contributed by atoms with Gasteiger partial charge in [0.15, 0.2) is 0 Å². The lowest BCUT2D eigenvalue weighted by Crippen LogP contribution is -2.98. The van der Waals surface area contributed by atoms with Gasteiger partial charge in [0.25, 0.3) is 0 Å². The number of nitrogens with zero attached hydrogens (tertiary/aromatic N) is 10. The Kier molecular flexibility index (Phi) is 58.1. The van der Waals surface area contributed by atoms with Gasteiger partial charge in [-0.1, -0.05) is 11.6 Å². The lowest BCUT2D eigenvalue weighted by molar-refractivity contribution is -0.385. The lowest BCUT2D eigenvalue weighted by atomic mass is 8.21. The summed E-state index contributed by atoms with van der Waals surface area (Å²) in [6.45, 7) is 28.7. The topological polar surface area (TPSA) is 258 Å². The Hall–Kier alpha value is -1.81. The van der Waals surface area contributed by atoms with Crippen LogP contribution in [0.2, 0.25) is 5.02 Å². The first-order valence-electron chi connectivity index (χ1n) is 45.0. The van der Waals surface area contributed by atoms with Crippen molar-refractivity contribution in [2.75, 3.05) is 74.4 Å². The Morgan fingerprint density at radius 3 is 0.869 bits per heavy atom. The number of nitro groups is 2. The summed E-state index contributed by atoms with van der Waals surface area (Å²) in [5.74, 6) is 0. The molecule has 3 saturated heterocycles. The van der Waals surface area contributed by atoms with Gasteiger partial charge in [-0.3, -0.25) is 35.2 Å². The third-order valence-electron chi connectivity index (χ3n) is 24.5. The Morgan fingerprint density at radius 1 is 0.380 bits per heavy atom. The number of carbonyl (C=O) groups excluding carboxylic acids is 3. The summed E-state index contributed by atoms with van der Waals surface area (Å²) >= 11 is 5.44. The molecular formula is C45H69B69ClN12O10. The SMILES string of the molecule is C[C@H]1CN(c2ccncc2N)CCN1C(=O)OC(C)(C)C.C[C@H]1CN(c2ccncc2[N+](=O)[O-])CCN1C(=O)OC(C)(C)C.C[C@H]1CNCCN1C(=O)OC(C)(C)C.O=[N+]([O-])c1cnccc1Cl.[B][B]B(B([B])[B])B(B(B([B])[B])B([B])[B])B(B(B([B])[B])B([B])[B])B(B(B(B([B])[B])B([B])[B])B(B([B])[B])B([B])[B])B(B(B(B([B])[B])B([B])[B])B(B([B])[B])B([B])[B])B(B(B([B])[B])B([B])[B])B(B([B])[B])B([B])[B]. The van der Waals surface area contributed by atoms with Crippen LogP contribution in [0.3, 0.4) is 0 Å². The van der Waals surface area contributed by atoms with Crippen molar-refractivity contribution in [2.24, 2.45) is 0 Å². The van der Waals surface area contributed by atoms with Crippen LogP contribution in [0.25, 0.3) is 0 Å². The van der Waals surface area contributed by atoms with E-state index in [0.717, 1.165) is 51.7 Å². The van der Waals surface area contributed by atoms with Gasteiger partial charge in [0.1, 0.15) is 39.9 Å². The number of piperazine rings is 3. The number of amides is 3. The quantitative estimate of drug-likeness (QED) is 0.0235. The summed E-state index contributed by atoms with van der Waals surface area (Å²) in [5.41, 5.74) is 6.53. The van der Waals surface area contributed by atoms with Gasteiger partial charge in [0.2, 0.25) is 0 Å². The monoisotopic (exact) mass is 1730 g/mol.